The molecule has 0 aromatic rings. The summed E-state index contributed by atoms with van der Waals surface area (Å²) in [6.07, 6.45) is 5.54. The lowest BCUT2D eigenvalue weighted by Gasteiger charge is -2.51. The van der Waals surface area contributed by atoms with Gasteiger partial charge in [0.2, 0.25) is 0 Å². The highest BCUT2D eigenvalue weighted by Gasteiger charge is 2.40. The highest BCUT2D eigenvalue weighted by molar-refractivity contribution is 4.94. The zero-order chi connectivity index (χ0) is 12.0. The van der Waals surface area contributed by atoms with Crippen molar-refractivity contribution in [3.05, 3.63) is 0 Å². The van der Waals surface area contributed by atoms with Crippen molar-refractivity contribution in [1.29, 1.82) is 0 Å². The van der Waals surface area contributed by atoms with Crippen LogP contribution in [0.4, 0.5) is 0 Å². The van der Waals surface area contributed by atoms with Crippen LogP contribution in [0.15, 0.2) is 0 Å². The molecule has 0 radical (unpaired) electrons. The number of nitrogens with zero attached hydrogens (tertiary/aromatic N) is 1. The van der Waals surface area contributed by atoms with Gasteiger partial charge in [-0.2, -0.15) is 0 Å². The van der Waals surface area contributed by atoms with E-state index in [4.69, 9.17) is 0 Å². The molecular formula is C14H30N2. The van der Waals surface area contributed by atoms with Gasteiger partial charge in [0.25, 0.3) is 0 Å². The number of hydrogen-bond acceptors (Lipinski definition) is 2. The molecule has 0 bridgehead atoms. The summed E-state index contributed by atoms with van der Waals surface area (Å²) in [5, 5.41) is 3.49. The molecular weight excluding hydrogens is 196 g/mol. The minimum absolute atomic E-state index is 0.623. The van der Waals surface area contributed by atoms with E-state index in [9.17, 15) is 0 Å². The zero-order valence-corrected chi connectivity index (χ0v) is 11.7. The highest BCUT2D eigenvalue weighted by atomic mass is 15.2. The second-order valence-corrected chi connectivity index (χ2v) is 5.82. The van der Waals surface area contributed by atoms with Gasteiger partial charge in [0.05, 0.1) is 0 Å². The van der Waals surface area contributed by atoms with E-state index in [1.165, 1.54) is 45.3 Å². The maximum Gasteiger partial charge on any atom is 0.0107 e. The van der Waals surface area contributed by atoms with Crippen molar-refractivity contribution in [3.8, 4) is 0 Å². The third kappa shape index (κ3) is 4.06. The van der Waals surface area contributed by atoms with Gasteiger partial charge in [-0.05, 0) is 18.3 Å². The number of nitrogens with one attached hydrogen (secondary N) is 1. The van der Waals surface area contributed by atoms with Gasteiger partial charge >= 0.3 is 0 Å². The standard InChI is InChI=1S/C14H30N2/c1-5-7-14(8-6-2)11-16(12-14)10-9-15-13(3)4/h13,15H,5-12H2,1-4H3. The first kappa shape index (κ1) is 14.0. The topological polar surface area (TPSA) is 15.3 Å². The normalized spacial score (nSPS) is 20.1. The molecule has 1 heterocycles. The van der Waals surface area contributed by atoms with Gasteiger partial charge in [0.1, 0.15) is 0 Å². The summed E-state index contributed by atoms with van der Waals surface area (Å²) in [5.74, 6) is 0. The summed E-state index contributed by atoms with van der Waals surface area (Å²) >= 11 is 0. The summed E-state index contributed by atoms with van der Waals surface area (Å²) in [5.41, 5.74) is 0.682. The third-order valence-corrected chi connectivity index (χ3v) is 3.66. The van der Waals surface area contributed by atoms with Gasteiger partial charge in [-0.3, -0.25) is 0 Å². The van der Waals surface area contributed by atoms with Crippen molar-refractivity contribution in [3.63, 3.8) is 0 Å². The van der Waals surface area contributed by atoms with Gasteiger partial charge in [-0.25, -0.2) is 0 Å². The van der Waals surface area contributed by atoms with Gasteiger partial charge < -0.3 is 10.2 Å². The molecule has 1 N–H and O–H groups in total. The Morgan fingerprint density at radius 3 is 2.12 bits per heavy atom. The Morgan fingerprint density at radius 2 is 1.69 bits per heavy atom. The minimum Gasteiger partial charge on any atom is -0.313 e. The average Bonchev–Trinajstić information content (AvgIpc) is 2.15. The Labute approximate surface area is 102 Å². The molecule has 1 aliphatic rings. The fourth-order valence-corrected chi connectivity index (χ4v) is 3.07. The molecule has 2 heteroatoms. The molecule has 2 nitrogen and oxygen atoms in total. The first-order chi connectivity index (χ1) is 7.62. The Balaban J connectivity index is 2.17. The lowest BCUT2D eigenvalue weighted by atomic mass is 9.73. The molecule has 16 heavy (non-hydrogen) atoms. The summed E-state index contributed by atoms with van der Waals surface area (Å²) in [7, 11) is 0. The van der Waals surface area contributed by atoms with Crippen molar-refractivity contribution in [1.82, 2.24) is 10.2 Å². The fourth-order valence-electron chi connectivity index (χ4n) is 3.07. The van der Waals surface area contributed by atoms with Crippen molar-refractivity contribution < 1.29 is 0 Å². The van der Waals surface area contributed by atoms with Crippen molar-refractivity contribution in [2.24, 2.45) is 5.41 Å². The van der Waals surface area contributed by atoms with Crippen LogP contribution in [-0.4, -0.2) is 37.1 Å². The molecule has 0 saturated carbocycles. The Hall–Kier alpha value is -0.0800. The van der Waals surface area contributed by atoms with Crippen LogP contribution < -0.4 is 5.32 Å². The SMILES string of the molecule is CCCC1(CCC)CN(CCNC(C)C)C1. The van der Waals surface area contributed by atoms with Crippen LogP contribution in [0.3, 0.4) is 0 Å². The van der Waals surface area contributed by atoms with E-state index < -0.39 is 0 Å². The van der Waals surface area contributed by atoms with E-state index in [0.717, 1.165) is 6.54 Å². The van der Waals surface area contributed by atoms with Crippen molar-refractivity contribution in [2.75, 3.05) is 26.2 Å². The molecule has 1 rings (SSSR count). The van der Waals surface area contributed by atoms with E-state index in [2.05, 4.69) is 37.9 Å². The summed E-state index contributed by atoms with van der Waals surface area (Å²) in [6, 6.07) is 0.623. The molecule has 0 amide bonds. The quantitative estimate of drug-likeness (QED) is 0.684. The first-order valence-corrected chi connectivity index (χ1v) is 7.07. The first-order valence-electron chi connectivity index (χ1n) is 7.07. The van der Waals surface area contributed by atoms with Crippen molar-refractivity contribution >= 4 is 0 Å². The second-order valence-electron chi connectivity index (χ2n) is 5.82. The molecule has 0 aliphatic carbocycles. The minimum atomic E-state index is 0.623. The van der Waals surface area contributed by atoms with Crippen molar-refractivity contribution in [2.45, 2.75) is 59.4 Å². The molecule has 96 valence electrons. The Morgan fingerprint density at radius 1 is 1.12 bits per heavy atom. The lowest BCUT2D eigenvalue weighted by molar-refractivity contribution is -0.0135. The van der Waals surface area contributed by atoms with E-state index >= 15 is 0 Å². The van der Waals surface area contributed by atoms with Gasteiger partial charge in [0, 0.05) is 32.2 Å². The second kappa shape index (κ2) is 6.61. The van der Waals surface area contributed by atoms with Crippen LogP contribution in [-0.2, 0) is 0 Å². The van der Waals surface area contributed by atoms with Gasteiger partial charge in [-0.15, -0.1) is 0 Å². The summed E-state index contributed by atoms with van der Waals surface area (Å²) in [6.45, 7) is 14.1. The summed E-state index contributed by atoms with van der Waals surface area (Å²) in [4.78, 5) is 2.61. The average molecular weight is 226 g/mol. The number of rotatable bonds is 8. The van der Waals surface area contributed by atoms with Crippen LogP contribution in [0.2, 0.25) is 0 Å². The van der Waals surface area contributed by atoms with Crippen LogP contribution >= 0.6 is 0 Å². The lowest BCUT2D eigenvalue weighted by Crippen LogP contribution is -2.57. The highest BCUT2D eigenvalue weighted by Crippen LogP contribution is 2.39. The zero-order valence-electron chi connectivity index (χ0n) is 11.7. The maximum absolute atomic E-state index is 3.49. The van der Waals surface area contributed by atoms with Crippen LogP contribution in [0.1, 0.15) is 53.4 Å². The monoisotopic (exact) mass is 226 g/mol. The van der Waals surface area contributed by atoms with Gasteiger partial charge in [-0.1, -0.05) is 40.5 Å². The van der Waals surface area contributed by atoms with Crippen LogP contribution in [0.5, 0.6) is 0 Å². The molecule has 0 spiro atoms. The molecule has 1 saturated heterocycles. The van der Waals surface area contributed by atoms with Crippen LogP contribution in [0.25, 0.3) is 0 Å². The smallest absolute Gasteiger partial charge is 0.0107 e. The largest absolute Gasteiger partial charge is 0.313 e. The maximum atomic E-state index is 3.49. The Bertz CT molecular complexity index is 175. The van der Waals surface area contributed by atoms with Crippen LogP contribution in [0, 0.1) is 5.41 Å². The molecule has 1 fully saturated rings. The predicted molar refractivity (Wildman–Crippen MR) is 71.8 cm³/mol. The van der Waals surface area contributed by atoms with Gasteiger partial charge in [0.15, 0.2) is 0 Å². The molecule has 0 atom stereocenters. The van der Waals surface area contributed by atoms with E-state index in [0.29, 0.717) is 11.5 Å². The number of hydrogen-bond donors (Lipinski definition) is 1. The molecule has 0 aromatic carbocycles. The molecule has 0 unspecified atom stereocenters. The Kier molecular flexibility index (Phi) is 5.77. The fraction of sp³-hybridized carbons (Fsp3) is 1.00. The third-order valence-electron chi connectivity index (χ3n) is 3.66. The summed E-state index contributed by atoms with van der Waals surface area (Å²) < 4.78 is 0. The number of likely N-dealkylation sites (tertiary alicyclic amines) is 1. The van der Waals surface area contributed by atoms with E-state index in [-0.39, 0.29) is 0 Å². The van der Waals surface area contributed by atoms with E-state index in [1.54, 1.807) is 0 Å². The predicted octanol–water partition coefficient (Wildman–Crippen LogP) is 2.89. The van der Waals surface area contributed by atoms with E-state index in [1.807, 2.05) is 0 Å². The molecule has 1 aliphatic heterocycles. The molecule has 0 aromatic heterocycles.